The molecule has 2 rings (SSSR count). The maximum atomic E-state index is 12.8. The van der Waals surface area contributed by atoms with Gasteiger partial charge in [-0.25, -0.2) is 18.2 Å². The fourth-order valence-corrected chi connectivity index (χ4v) is 2.36. The minimum Gasteiger partial charge on any atom is -0.330 e. The van der Waals surface area contributed by atoms with Crippen molar-refractivity contribution < 1.29 is 26.3 Å². The van der Waals surface area contributed by atoms with Gasteiger partial charge in [0.2, 0.25) is 0 Å². The molecule has 0 aliphatic rings. The van der Waals surface area contributed by atoms with E-state index in [0.717, 1.165) is 19.1 Å². The molecule has 0 aliphatic carbocycles. The normalized spacial score (nSPS) is 12.7. The molecule has 2 N–H and O–H groups in total. The van der Waals surface area contributed by atoms with E-state index in [4.69, 9.17) is 0 Å². The molecule has 0 heterocycles. The third-order valence-corrected chi connectivity index (χ3v) is 3.88. The van der Waals surface area contributed by atoms with Crippen LogP contribution in [0.4, 0.5) is 26.3 Å². The zero-order valence-electron chi connectivity index (χ0n) is 19.7. The predicted molar refractivity (Wildman–Crippen MR) is 127 cm³/mol. The van der Waals surface area contributed by atoms with Crippen molar-refractivity contribution in [1.82, 2.24) is 10.7 Å². The van der Waals surface area contributed by atoms with E-state index in [2.05, 4.69) is 32.4 Å². The van der Waals surface area contributed by atoms with Crippen LogP contribution in [0.1, 0.15) is 37.5 Å². The maximum Gasteiger partial charge on any atom is 0.416 e. The Morgan fingerprint density at radius 3 is 2.17 bits per heavy atom. The highest BCUT2D eigenvalue weighted by atomic mass is 19.4. The second-order valence-electron chi connectivity index (χ2n) is 7.52. The predicted octanol–water partition coefficient (Wildman–Crippen LogP) is 6.32. The van der Waals surface area contributed by atoms with E-state index < -0.39 is 24.2 Å². The van der Waals surface area contributed by atoms with Crippen LogP contribution in [-0.4, -0.2) is 30.4 Å². The number of nitrogens with zero attached hydrogens (tertiary/aromatic N) is 3. The van der Waals surface area contributed by atoms with E-state index in [1.165, 1.54) is 31.3 Å². The van der Waals surface area contributed by atoms with Crippen LogP contribution in [0.25, 0.3) is 0 Å². The van der Waals surface area contributed by atoms with Gasteiger partial charge in [-0.15, -0.1) is 0 Å². The van der Waals surface area contributed by atoms with Crippen LogP contribution < -0.4 is 10.7 Å². The molecule has 0 saturated heterocycles. The van der Waals surface area contributed by atoms with Crippen LogP contribution >= 0.6 is 0 Å². The Hall–Kier alpha value is -3.63. The first-order valence-corrected chi connectivity index (χ1v) is 10.2. The average molecular weight is 500 g/mol. The lowest BCUT2D eigenvalue weighted by Gasteiger charge is -2.09. The van der Waals surface area contributed by atoms with Gasteiger partial charge in [0.25, 0.3) is 5.92 Å². The molecule has 5 nitrogen and oxygen atoms in total. The molecule has 0 amide bonds. The van der Waals surface area contributed by atoms with Gasteiger partial charge in [-0.1, -0.05) is 42.5 Å². The summed E-state index contributed by atoms with van der Waals surface area (Å²) in [5, 5.41) is 6.73. The molecular formula is C24H27F6N5. The highest BCUT2D eigenvalue weighted by molar-refractivity contribution is 5.95. The molecule has 0 aliphatic heterocycles. The highest BCUT2D eigenvalue weighted by Gasteiger charge is 2.29. The summed E-state index contributed by atoms with van der Waals surface area (Å²) in [5.74, 6) is -2.20. The van der Waals surface area contributed by atoms with E-state index in [1.807, 2.05) is 0 Å². The molecule has 0 saturated carbocycles. The Bertz CT molecular complexity index is 1050. The Labute approximate surface area is 200 Å². The van der Waals surface area contributed by atoms with Crippen LogP contribution in [0.3, 0.4) is 0 Å². The molecule has 0 atom stereocenters. The summed E-state index contributed by atoms with van der Waals surface area (Å²) in [6, 6.07) is 11.0. The lowest BCUT2D eigenvalue weighted by atomic mass is 10.1. The summed E-state index contributed by atoms with van der Waals surface area (Å²) >= 11 is 0. The smallest absolute Gasteiger partial charge is 0.330 e. The number of halogens is 6. The van der Waals surface area contributed by atoms with E-state index >= 15 is 0 Å². The van der Waals surface area contributed by atoms with Gasteiger partial charge < -0.3 is 5.32 Å². The van der Waals surface area contributed by atoms with Crippen molar-refractivity contribution in [1.29, 1.82) is 0 Å². The van der Waals surface area contributed by atoms with Gasteiger partial charge in [-0.2, -0.15) is 18.3 Å². The van der Waals surface area contributed by atoms with Gasteiger partial charge >= 0.3 is 6.18 Å². The monoisotopic (exact) mass is 499 g/mol. The Morgan fingerprint density at radius 1 is 1.03 bits per heavy atom. The zero-order valence-corrected chi connectivity index (χ0v) is 19.7. The summed E-state index contributed by atoms with van der Waals surface area (Å²) in [4.78, 5) is 7.70. The van der Waals surface area contributed by atoms with Gasteiger partial charge in [-0.3, -0.25) is 10.4 Å². The zero-order chi connectivity index (χ0) is 26.6. The number of alkyl halides is 5. The molecule has 190 valence electrons. The first kappa shape index (κ1) is 29.4. The molecule has 0 radical (unpaired) electrons. The minimum absolute atomic E-state index is 0.226. The number of benzene rings is 2. The minimum atomic E-state index is -4.22. The molecule has 2 aromatic carbocycles. The SMILES string of the molecule is C=C(N/N=C/c1ccc(F)cc1)NC(C)=NC(C)=NCC(C)(F)F.Cc1cccc(C(F)(F)F)c1. The van der Waals surface area contributed by atoms with Crippen molar-refractivity contribution in [2.24, 2.45) is 15.1 Å². The first-order valence-electron chi connectivity index (χ1n) is 10.2. The van der Waals surface area contributed by atoms with E-state index in [0.29, 0.717) is 22.8 Å². The highest BCUT2D eigenvalue weighted by Crippen LogP contribution is 2.29. The standard InChI is InChI=1S/C16H20F3N5.C8H7F3/c1-11(20-10-16(4,18)19)22-12(2)23-13(3)24-21-9-14-5-7-15(17)8-6-14;1-6-3-2-4-7(5-6)8(9,10)11/h5-9,24H,3,10H2,1-2,4H3,(H,20,22,23);2-5H,1H3/b21-9+;. The van der Waals surface area contributed by atoms with Crippen LogP contribution in [-0.2, 0) is 6.18 Å². The quantitative estimate of drug-likeness (QED) is 0.212. The van der Waals surface area contributed by atoms with Crippen molar-refractivity contribution in [2.75, 3.05) is 6.54 Å². The number of rotatable bonds is 6. The number of nitrogens with one attached hydrogen (secondary N) is 2. The molecule has 35 heavy (non-hydrogen) atoms. The summed E-state index contributed by atoms with van der Waals surface area (Å²) < 4.78 is 74.1. The van der Waals surface area contributed by atoms with Gasteiger partial charge in [0.15, 0.2) is 0 Å². The van der Waals surface area contributed by atoms with Crippen LogP contribution in [0, 0.1) is 12.7 Å². The number of hydrogen-bond donors (Lipinski definition) is 2. The van der Waals surface area contributed by atoms with Crippen LogP contribution in [0.5, 0.6) is 0 Å². The Balaban J connectivity index is 0.000000462. The third kappa shape index (κ3) is 13.6. The van der Waals surface area contributed by atoms with E-state index in [-0.39, 0.29) is 11.7 Å². The van der Waals surface area contributed by atoms with Crippen molar-refractivity contribution in [3.63, 3.8) is 0 Å². The Kier molecular flexibility index (Phi) is 11.2. The largest absolute Gasteiger partial charge is 0.416 e. The number of aryl methyl sites for hydroxylation is 1. The molecular weight excluding hydrogens is 472 g/mol. The van der Waals surface area contributed by atoms with Gasteiger partial charge in [0, 0.05) is 6.92 Å². The van der Waals surface area contributed by atoms with E-state index in [1.54, 1.807) is 32.0 Å². The van der Waals surface area contributed by atoms with Crippen molar-refractivity contribution >= 4 is 17.9 Å². The maximum absolute atomic E-state index is 12.8. The second kappa shape index (κ2) is 13.3. The Morgan fingerprint density at radius 2 is 1.66 bits per heavy atom. The van der Waals surface area contributed by atoms with Gasteiger partial charge in [0.05, 0.1) is 11.8 Å². The summed E-state index contributed by atoms with van der Waals surface area (Å²) in [6.45, 7) is 8.68. The number of hydrazone groups is 1. The third-order valence-electron chi connectivity index (χ3n) is 3.88. The molecule has 0 bridgehead atoms. The summed E-state index contributed by atoms with van der Waals surface area (Å²) in [7, 11) is 0. The average Bonchev–Trinajstić information content (AvgIpc) is 2.73. The fraction of sp³-hybridized carbons (Fsp3) is 0.292. The molecule has 0 fully saturated rings. The van der Waals surface area contributed by atoms with Crippen molar-refractivity contribution in [3.05, 3.63) is 83.4 Å². The number of hydrogen-bond acceptors (Lipinski definition) is 3. The molecule has 0 spiro atoms. The van der Waals surface area contributed by atoms with Gasteiger partial charge in [-0.05, 0) is 44.5 Å². The number of aliphatic imine (C=N–C) groups is 2. The summed E-state index contributed by atoms with van der Waals surface area (Å²) in [6.07, 6.45) is -2.72. The van der Waals surface area contributed by atoms with E-state index in [9.17, 15) is 26.3 Å². The second-order valence-corrected chi connectivity index (χ2v) is 7.52. The summed E-state index contributed by atoms with van der Waals surface area (Å²) in [5.41, 5.74) is 3.39. The van der Waals surface area contributed by atoms with Crippen LogP contribution in [0.15, 0.2) is 76.0 Å². The molecule has 0 unspecified atom stereocenters. The lowest BCUT2D eigenvalue weighted by molar-refractivity contribution is -0.137. The topological polar surface area (TPSA) is 61.1 Å². The molecule has 0 aromatic heterocycles. The number of amidine groups is 2. The lowest BCUT2D eigenvalue weighted by Crippen LogP contribution is -2.27. The fourth-order valence-electron chi connectivity index (χ4n) is 2.36. The van der Waals surface area contributed by atoms with Crippen molar-refractivity contribution in [3.8, 4) is 0 Å². The van der Waals surface area contributed by atoms with Crippen LogP contribution in [0.2, 0.25) is 0 Å². The first-order chi connectivity index (χ1) is 16.2. The van der Waals surface area contributed by atoms with Gasteiger partial charge in [0.1, 0.15) is 29.9 Å². The molecule has 2 aromatic rings. The van der Waals surface area contributed by atoms with Crippen molar-refractivity contribution in [2.45, 2.75) is 39.8 Å². The molecule has 11 heteroatoms.